The van der Waals surface area contributed by atoms with Crippen LogP contribution >= 0.6 is 22.9 Å². The van der Waals surface area contributed by atoms with E-state index in [2.05, 4.69) is 36.2 Å². The van der Waals surface area contributed by atoms with Gasteiger partial charge >= 0.3 is 0 Å². The maximum Gasteiger partial charge on any atom is 0.264 e. The molecule has 0 unspecified atom stereocenters. The molecule has 0 fully saturated rings. The quantitative estimate of drug-likeness (QED) is 0.406. The van der Waals surface area contributed by atoms with Gasteiger partial charge in [-0.2, -0.15) is 4.98 Å². The summed E-state index contributed by atoms with van der Waals surface area (Å²) in [6.07, 6.45) is 0. The fourth-order valence-electron chi connectivity index (χ4n) is 3.21. The smallest absolute Gasteiger partial charge is 0.264 e. The largest absolute Gasteiger partial charge is 0.497 e. The molecule has 4 rings (SSSR count). The summed E-state index contributed by atoms with van der Waals surface area (Å²) in [6, 6.07) is 13.0. The van der Waals surface area contributed by atoms with Gasteiger partial charge in [0.25, 0.3) is 11.9 Å². The molecule has 2 aromatic heterocycles. The van der Waals surface area contributed by atoms with Gasteiger partial charge in [0, 0.05) is 21.5 Å². The van der Waals surface area contributed by atoms with E-state index >= 15 is 0 Å². The minimum Gasteiger partial charge on any atom is -0.497 e. The van der Waals surface area contributed by atoms with Gasteiger partial charge in [-0.15, -0.1) is 16.4 Å². The lowest BCUT2D eigenvalue weighted by Gasteiger charge is -2.23. The Hall–Kier alpha value is -3.10. The van der Waals surface area contributed by atoms with E-state index in [9.17, 15) is 4.79 Å². The topological polar surface area (TPSA) is 77.8 Å². The first-order valence-electron chi connectivity index (χ1n) is 9.96. The lowest BCUT2D eigenvalue weighted by atomic mass is 9.86. The Morgan fingerprint density at radius 1 is 1.19 bits per heavy atom. The van der Waals surface area contributed by atoms with Gasteiger partial charge in [-0.1, -0.05) is 44.5 Å². The summed E-state index contributed by atoms with van der Waals surface area (Å²) in [7, 11) is 1.62. The number of aromatic nitrogens is 3. The van der Waals surface area contributed by atoms with E-state index in [1.54, 1.807) is 11.6 Å². The normalized spacial score (nSPS) is 11.5. The molecule has 0 atom stereocenters. The molecule has 0 spiro atoms. The van der Waals surface area contributed by atoms with Crippen molar-refractivity contribution < 1.29 is 14.3 Å². The number of halogens is 1. The summed E-state index contributed by atoms with van der Waals surface area (Å²) in [6.45, 7) is 6.07. The van der Waals surface area contributed by atoms with Gasteiger partial charge in [0.05, 0.1) is 12.8 Å². The summed E-state index contributed by atoms with van der Waals surface area (Å²) < 4.78 is 12.8. The third-order valence-corrected chi connectivity index (χ3v) is 5.89. The van der Waals surface area contributed by atoms with Crippen LogP contribution in [0.5, 0.6) is 11.5 Å². The lowest BCUT2D eigenvalue weighted by Crippen LogP contribution is -2.22. The van der Waals surface area contributed by atoms with Crippen molar-refractivity contribution >= 4 is 39.8 Å². The number of hydrogen-bond acceptors (Lipinski definition) is 6. The number of amides is 1. The van der Waals surface area contributed by atoms with Crippen LogP contribution in [0.3, 0.4) is 0 Å². The van der Waals surface area contributed by atoms with E-state index in [4.69, 9.17) is 21.1 Å². The fourth-order valence-corrected chi connectivity index (χ4v) is 4.16. The number of fused-ring (bicyclic) bond motifs is 1. The lowest BCUT2D eigenvalue weighted by molar-refractivity contribution is -0.118. The molecule has 1 amide bonds. The molecule has 166 valence electrons. The van der Waals surface area contributed by atoms with Crippen molar-refractivity contribution in [1.29, 1.82) is 0 Å². The zero-order valence-corrected chi connectivity index (χ0v) is 19.8. The average Bonchev–Trinajstić information content (AvgIpc) is 3.32. The number of carbonyl (C=O) groups is 1. The highest BCUT2D eigenvalue weighted by Crippen LogP contribution is 2.34. The number of thiazole rings is 1. The summed E-state index contributed by atoms with van der Waals surface area (Å²) in [4.78, 5) is 17.6. The van der Waals surface area contributed by atoms with E-state index < -0.39 is 0 Å². The van der Waals surface area contributed by atoms with E-state index in [0.29, 0.717) is 15.7 Å². The highest BCUT2D eigenvalue weighted by Gasteiger charge is 2.21. The highest BCUT2D eigenvalue weighted by molar-refractivity contribution is 7.15. The van der Waals surface area contributed by atoms with Crippen molar-refractivity contribution in [3.63, 3.8) is 0 Å². The maximum absolute atomic E-state index is 12.5. The van der Waals surface area contributed by atoms with Crippen LogP contribution in [0.2, 0.25) is 5.02 Å². The molecule has 0 saturated heterocycles. The molecule has 0 aliphatic carbocycles. The zero-order valence-electron chi connectivity index (χ0n) is 18.2. The van der Waals surface area contributed by atoms with Crippen molar-refractivity contribution in [2.45, 2.75) is 26.2 Å². The van der Waals surface area contributed by atoms with Gasteiger partial charge in [0.1, 0.15) is 11.5 Å². The van der Waals surface area contributed by atoms with Crippen molar-refractivity contribution in [2.24, 2.45) is 0 Å². The van der Waals surface area contributed by atoms with Gasteiger partial charge < -0.3 is 9.47 Å². The van der Waals surface area contributed by atoms with Gasteiger partial charge in [-0.25, -0.2) is 4.52 Å². The summed E-state index contributed by atoms with van der Waals surface area (Å²) in [5.74, 6) is 1.26. The minimum absolute atomic E-state index is 0.160. The van der Waals surface area contributed by atoms with Gasteiger partial charge in [0.15, 0.2) is 6.61 Å². The fraction of sp³-hybridized carbons (Fsp3) is 0.261. The van der Waals surface area contributed by atoms with Crippen molar-refractivity contribution in [3.05, 3.63) is 58.4 Å². The first kappa shape index (κ1) is 22.1. The number of ether oxygens (including phenoxy) is 2. The van der Waals surface area contributed by atoms with Crippen LogP contribution in [0.4, 0.5) is 5.95 Å². The van der Waals surface area contributed by atoms with Gasteiger partial charge in [-0.3, -0.25) is 10.1 Å². The molecule has 0 bridgehead atoms. The molecule has 0 aliphatic heterocycles. The van der Waals surface area contributed by atoms with Gasteiger partial charge in [0.2, 0.25) is 4.96 Å². The monoisotopic (exact) mass is 470 g/mol. The Bertz CT molecular complexity index is 1260. The first-order valence-corrected chi connectivity index (χ1v) is 11.2. The van der Waals surface area contributed by atoms with Crippen molar-refractivity contribution in [2.75, 3.05) is 19.0 Å². The number of nitrogens with one attached hydrogen (secondary N) is 1. The van der Waals surface area contributed by atoms with Crippen LogP contribution in [-0.2, 0) is 10.2 Å². The number of carbonyl (C=O) groups excluding carboxylic acids is 1. The standard InChI is InChI=1S/C23H23ClN4O3S/c1-23(2,3)17-11-16(30-4)9-10-19(17)31-12-20(29)25-21-26-22-28(27-21)18(13-32-22)14-5-7-15(24)8-6-14/h5-11,13H,12H2,1-4H3,(H,25,27,29). The molecule has 4 aromatic rings. The molecule has 7 nitrogen and oxygen atoms in total. The SMILES string of the molecule is COc1ccc(OCC(=O)Nc2nc3scc(-c4ccc(Cl)cc4)n3n2)c(C(C)(C)C)c1. The second-order valence-corrected chi connectivity index (χ2v) is 9.48. The van der Waals surface area contributed by atoms with Crippen molar-refractivity contribution in [1.82, 2.24) is 14.6 Å². The third kappa shape index (κ3) is 4.71. The van der Waals surface area contributed by atoms with E-state index in [1.165, 1.54) is 11.3 Å². The van der Waals surface area contributed by atoms with Crippen LogP contribution in [0.25, 0.3) is 16.2 Å². The average molecular weight is 471 g/mol. The minimum atomic E-state index is -0.341. The Morgan fingerprint density at radius 3 is 2.62 bits per heavy atom. The number of benzene rings is 2. The van der Waals surface area contributed by atoms with Crippen LogP contribution in [-0.4, -0.2) is 34.2 Å². The number of nitrogens with zero attached hydrogens (tertiary/aromatic N) is 3. The predicted molar refractivity (Wildman–Crippen MR) is 127 cm³/mol. The Morgan fingerprint density at radius 2 is 1.94 bits per heavy atom. The second kappa shape index (κ2) is 8.80. The molecular formula is C23H23ClN4O3S. The van der Waals surface area contributed by atoms with E-state index in [-0.39, 0.29) is 23.9 Å². The Labute approximate surface area is 195 Å². The maximum atomic E-state index is 12.5. The van der Waals surface area contributed by atoms with Crippen LogP contribution in [0.15, 0.2) is 47.8 Å². The van der Waals surface area contributed by atoms with Crippen molar-refractivity contribution in [3.8, 4) is 22.8 Å². The number of anilines is 1. The zero-order chi connectivity index (χ0) is 22.9. The molecule has 0 saturated carbocycles. The highest BCUT2D eigenvalue weighted by atomic mass is 35.5. The molecule has 9 heteroatoms. The summed E-state index contributed by atoms with van der Waals surface area (Å²) in [5, 5.41) is 9.76. The second-order valence-electron chi connectivity index (χ2n) is 8.21. The van der Waals surface area contributed by atoms with E-state index in [1.807, 2.05) is 47.8 Å². The molecule has 2 heterocycles. The summed E-state index contributed by atoms with van der Waals surface area (Å²) >= 11 is 7.42. The predicted octanol–water partition coefficient (Wildman–Crippen LogP) is 5.43. The summed E-state index contributed by atoms with van der Waals surface area (Å²) in [5.41, 5.74) is 2.62. The third-order valence-electron chi connectivity index (χ3n) is 4.83. The molecule has 0 radical (unpaired) electrons. The number of hydrogen-bond donors (Lipinski definition) is 1. The van der Waals surface area contributed by atoms with Crippen LogP contribution in [0.1, 0.15) is 26.3 Å². The molecule has 0 aliphatic rings. The first-order chi connectivity index (χ1) is 15.2. The van der Waals surface area contributed by atoms with Crippen LogP contribution in [0, 0.1) is 0 Å². The Balaban J connectivity index is 1.47. The van der Waals surface area contributed by atoms with E-state index in [0.717, 1.165) is 22.6 Å². The Kier molecular flexibility index (Phi) is 6.08. The number of methoxy groups -OCH3 is 1. The molecule has 1 N–H and O–H groups in total. The molecule has 2 aromatic carbocycles. The van der Waals surface area contributed by atoms with Crippen LogP contribution < -0.4 is 14.8 Å². The molecule has 32 heavy (non-hydrogen) atoms. The molecular weight excluding hydrogens is 448 g/mol. The number of rotatable bonds is 6. The van der Waals surface area contributed by atoms with Gasteiger partial charge in [-0.05, 0) is 35.7 Å².